The van der Waals surface area contributed by atoms with Crippen LogP contribution in [0.25, 0.3) is 28.2 Å². The van der Waals surface area contributed by atoms with E-state index in [2.05, 4.69) is 34.6 Å². The molecule has 2 aromatic heterocycles. The fraction of sp³-hybridized carbons (Fsp3) is 0.500. The van der Waals surface area contributed by atoms with Gasteiger partial charge in [-0.1, -0.05) is 41.6 Å². The number of carbonyl (C=O) groups excluding carboxylic acids is 2. The first-order valence-corrected chi connectivity index (χ1v) is 22.8. The molecule has 0 saturated carbocycles. The van der Waals surface area contributed by atoms with Crippen LogP contribution in [0.3, 0.4) is 0 Å². The molecule has 0 spiro atoms. The molecule has 2 amide bonds. The fourth-order valence-electron chi connectivity index (χ4n) is 10.8. The van der Waals surface area contributed by atoms with Crippen molar-refractivity contribution < 1.29 is 42.4 Å². The third-order valence-electron chi connectivity index (χ3n) is 14.6. The highest BCUT2D eigenvalue weighted by Crippen LogP contribution is 2.44. The van der Waals surface area contributed by atoms with Crippen LogP contribution in [-0.4, -0.2) is 108 Å². The number of rotatable bonds is 11. The summed E-state index contributed by atoms with van der Waals surface area (Å²) in [4.78, 5) is 29.9. The number of hydrogen-bond donors (Lipinski definition) is 2. The van der Waals surface area contributed by atoms with E-state index in [0.29, 0.717) is 69.8 Å². The Bertz CT molecular complexity index is 2480. The maximum atomic E-state index is 13.1. The summed E-state index contributed by atoms with van der Waals surface area (Å²) < 4.78 is 50.3. The van der Waals surface area contributed by atoms with Crippen LogP contribution in [-0.2, 0) is 26.9 Å². The Morgan fingerprint density at radius 3 is 2.17 bits per heavy atom. The van der Waals surface area contributed by atoms with Gasteiger partial charge in [0.15, 0.2) is 23.6 Å². The van der Waals surface area contributed by atoms with Crippen molar-refractivity contribution >= 4 is 11.8 Å². The summed E-state index contributed by atoms with van der Waals surface area (Å²) in [6.07, 6.45) is 4.27. The molecule has 5 aliphatic heterocycles. The van der Waals surface area contributed by atoms with Crippen LogP contribution in [0.15, 0.2) is 79.1 Å². The van der Waals surface area contributed by atoms with E-state index in [9.17, 15) is 33.0 Å². The topological polar surface area (TPSA) is 143 Å². The predicted octanol–water partition coefficient (Wildman–Crippen LogP) is 5.95. The van der Waals surface area contributed by atoms with Crippen molar-refractivity contribution in [2.45, 2.75) is 94.7 Å². The van der Waals surface area contributed by atoms with Gasteiger partial charge in [-0.25, -0.2) is 4.68 Å². The highest BCUT2D eigenvalue weighted by Gasteiger charge is 2.42. The minimum absolute atomic E-state index is 0.0235. The molecular formula is C48H54F3N8O5+. The van der Waals surface area contributed by atoms with Gasteiger partial charge in [0.2, 0.25) is 11.8 Å². The molecule has 0 bridgehead atoms. The van der Waals surface area contributed by atoms with E-state index in [4.69, 9.17) is 9.95 Å². The van der Waals surface area contributed by atoms with Crippen LogP contribution >= 0.6 is 0 Å². The number of aliphatic hydroxyl groups excluding tert-OH is 2. The highest BCUT2D eigenvalue weighted by molar-refractivity contribution is 5.79. The Labute approximate surface area is 369 Å². The standard InChI is InChI=1S/C48H54F3N8O5/c49-48(50,51)34-7-5-30(6-8-34)23-46(62)55-17-13-33(14-18-55)45(61)27-41-39-25-35(9-10-38(39)42-28-52-53-58(41)42)57-29-43-37-4-2-1-3-36(37)40(59(43)54-57)26-44(60)32-11-19-56(20-12-32)47(63)24-31-15-21-64-22-16-31/h1-10,25,28-29,31-33,40-41,44-45,60-61H,11-24,26-27H2/q+1. The van der Waals surface area contributed by atoms with Crippen LogP contribution in [0.1, 0.15) is 92.1 Å². The predicted molar refractivity (Wildman–Crippen MR) is 228 cm³/mol. The average molecular weight is 880 g/mol. The van der Waals surface area contributed by atoms with Gasteiger partial charge in [-0.3, -0.25) is 9.59 Å². The lowest BCUT2D eigenvalue weighted by Gasteiger charge is -2.35. The summed E-state index contributed by atoms with van der Waals surface area (Å²) in [5, 5.41) is 37.2. The van der Waals surface area contributed by atoms with Gasteiger partial charge in [-0.15, -0.1) is 14.5 Å². The number of aliphatic hydroxyl groups is 2. The summed E-state index contributed by atoms with van der Waals surface area (Å²) in [5.74, 6) is 0.513. The van der Waals surface area contributed by atoms with E-state index < -0.39 is 23.9 Å². The number of nitrogens with zero attached hydrogens (tertiary/aromatic N) is 8. The third-order valence-corrected chi connectivity index (χ3v) is 14.6. The lowest BCUT2D eigenvalue weighted by molar-refractivity contribution is -0.756. The molecule has 64 heavy (non-hydrogen) atoms. The molecule has 5 aromatic rings. The summed E-state index contributed by atoms with van der Waals surface area (Å²) >= 11 is 0. The van der Waals surface area contributed by atoms with Gasteiger partial charge in [0.05, 0.1) is 47.3 Å². The van der Waals surface area contributed by atoms with E-state index >= 15 is 0 Å². The van der Waals surface area contributed by atoms with Gasteiger partial charge in [0.1, 0.15) is 0 Å². The van der Waals surface area contributed by atoms with Crippen LogP contribution < -0.4 is 4.68 Å². The zero-order valence-electron chi connectivity index (χ0n) is 35.7. The van der Waals surface area contributed by atoms with Crippen molar-refractivity contribution in [3.63, 3.8) is 0 Å². The fourth-order valence-corrected chi connectivity index (χ4v) is 10.8. The van der Waals surface area contributed by atoms with Crippen molar-refractivity contribution in [1.82, 2.24) is 34.7 Å². The van der Waals surface area contributed by atoms with E-state index in [1.54, 1.807) is 11.1 Å². The second-order valence-corrected chi connectivity index (χ2v) is 18.4. The lowest BCUT2D eigenvalue weighted by Crippen LogP contribution is -2.45. The van der Waals surface area contributed by atoms with Crippen LogP contribution in [0.2, 0.25) is 0 Å². The van der Waals surface area contributed by atoms with Crippen molar-refractivity contribution in [2.75, 3.05) is 39.4 Å². The number of amides is 2. The molecule has 7 heterocycles. The summed E-state index contributed by atoms with van der Waals surface area (Å²) in [6.45, 7) is 3.72. The number of aromatic nitrogens is 6. The van der Waals surface area contributed by atoms with Gasteiger partial charge >= 0.3 is 6.18 Å². The molecule has 0 aliphatic carbocycles. The van der Waals surface area contributed by atoms with Crippen molar-refractivity contribution in [3.8, 4) is 28.2 Å². The van der Waals surface area contributed by atoms with Gasteiger partial charge < -0.3 is 24.7 Å². The zero-order chi connectivity index (χ0) is 44.1. The molecule has 13 nitrogen and oxygen atoms in total. The number of benzene rings is 3. The lowest BCUT2D eigenvalue weighted by atomic mass is 9.86. The number of piperidine rings is 2. The first-order chi connectivity index (χ1) is 31.0. The van der Waals surface area contributed by atoms with Crippen LogP contribution in [0.4, 0.5) is 13.2 Å². The first kappa shape index (κ1) is 42.5. The van der Waals surface area contributed by atoms with Gasteiger partial charge in [-0.2, -0.15) is 13.2 Å². The largest absolute Gasteiger partial charge is 0.416 e. The molecule has 336 valence electrons. The van der Waals surface area contributed by atoms with Gasteiger partial charge in [0.25, 0.3) is 0 Å². The Morgan fingerprint density at radius 1 is 0.797 bits per heavy atom. The second-order valence-electron chi connectivity index (χ2n) is 18.4. The molecule has 2 N–H and O–H groups in total. The Kier molecular flexibility index (Phi) is 11.6. The minimum Gasteiger partial charge on any atom is -0.393 e. The molecular weight excluding hydrogens is 826 g/mol. The summed E-state index contributed by atoms with van der Waals surface area (Å²) in [6, 6.07) is 18.8. The molecule has 5 aliphatic rings. The minimum atomic E-state index is -4.43. The second kappa shape index (κ2) is 17.5. The normalized spacial score (nSPS) is 21.3. The molecule has 0 radical (unpaired) electrons. The van der Waals surface area contributed by atoms with Crippen molar-refractivity contribution in [2.24, 2.45) is 17.8 Å². The van der Waals surface area contributed by atoms with E-state index in [-0.39, 0.29) is 42.2 Å². The Morgan fingerprint density at radius 2 is 1.47 bits per heavy atom. The average Bonchev–Trinajstić information content (AvgIpc) is 4.09. The van der Waals surface area contributed by atoms with E-state index in [1.165, 1.54) is 12.1 Å². The number of alkyl halides is 3. The number of carbonyl (C=O) groups is 2. The molecule has 16 heteroatoms. The number of likely N-dealkylation sites (tertiary alicyclic amines) is 2. The molecule has 4 unspecified atom stereocenters. The molecule has 3 saturated heterocycles. The highest BCUT2D eigenvalue weighted by atomic mass is 19.4. The number of fused-ring (bicyclic) bond motifs is 6. The summed E-state index contributed by atoms with van der Waals surface area (Å²) in [5.41, 5.74) is 6.70. The quantitative estimate of drug-likeness (QED) is 0.155. The van der Waals surface area contributed by atoms with Crippen molar-refractivity contribution in [1.29, 1.82) is 0 Å². The molecule has 3 fully saturated rings. The van der Waals surface area contributed by atoms with Crippen LogP contribution in [0, 0.1) is 17.8 Å². The van der Waals surface area contributed by atoms with E-state index in [1.807, 2.05) is 43.3 Å². The van der Waals surface area contributed by atoms with E-state index in [0.717, 1.165) is 90.4 Å². The number of hydrogen-bond acceptors (Lipinski definition) is 8. The first-order valence-electron chi connectivity index (χ1n) is 22.8. The number of ether oxygens (including phenoxy) is 1. The maximum absolute atomic E-state index is 13.1. The number of halogens is 3. The monoisotopic (exact) mass is 879 g/mol. The Hall–Kier alpha value is -5.45. The third kappa shape index (κ3) is 8.35. The zero-order valence-corrected chi connectivity index (χ0v) is 35.7. The summed E-state index contributed by atoms with van der Waals surface area (Å²) in [7, 11) is 0. The Balaban J connectivity index is 0.798. The van der Waals surface area contributed by atoms with Gasteiger partial charge in [0, 0.05) is 75.3 Å². The molecule has 10 rings (SSSR count). The molecule has 3 aromatic carbocycles. The van der Waals surface area contributed by atoms with Crippen LogP contribution in [0.5, 0.6) is 0 Å². The maximum Gasteiger partial charge on any atom is 0.416 e. The van der Waals surface area contributed by atoms with Gasteiger partial charge in [-0.05, 0) is 97.7 Å². The van der Waals surface area contributed by atoms with Crippen molar-refractivity contribution in [3.05, 3.63) is 101 Å². The molecule has 4 atom stereocenters. The smallest absolute Gasteiger partial charge is 0.393 e. The SMILES string of the molecule is O=C(Cc1ccc(C(F)(F)F)cc1)N1CCC(C(O)CC2c3cc(-n4cc5[n+](n4)C(CC(O)C4CCN(C(=O)CC6CCOCC6)CC4)c4ccccc4-5)ccc3-c3cnnn32)CC1.